The number of aromatic nitrogens is 2. The van der Waals surface area contributed by atoms with E-state index in [0.29, 0.717) is 18.3 Å². The molecule has 25 heavy (non-hydrogen) atoms. The molecule has 1 amide bonds. The van der Waals surface area contributed by atoms with Crippen LogP contribution in [-0.2, 0) is 16.0 Å². The predicted molar refractivity (Wildman–Crippen MR) is 83.6 cm³/mol. The van der Waals surface area contributed by atoms with E-state index < -0.39 is 17.7 Å². The Labute approximate surface area is 143 Å². The summed E-state index contributed by atoms with van der Waals surface area (Å²) in [6.07, 6.45) is -0.457. The van der Waals surface area contributed by atoms with Gasteiger partial charge in [0.1, 0.15) is 0 Å². The molecule has 8 heteroatoms. The van der Waals surface area contributed by atoms with Gasteiger partial charge in [-0.25, -0.2) is 8.78 Å². The van der Waals surface area contributed by atoms with Gasteiger partial charge in [0.25, 0.3) is 5.89 Å². The van der Waals surface area contributed by atoms with E-state index in [9.17, 15) is 13.6 Å². The van der Waals surface area contributed by atoms with Crippen LogP contribution in [0.5, 0.6) is 0 Å². The molecule has 1 saturated heterocycles. The number of rotatable bonds is 4. The van der Waals surface area contributed by atoms with Crippen LogP contribution in [0.15, 0.2) is 22.7 Å². The Hall–Kier alpha value is -2.35. The van der Waals surface area contributed by atoms with Crippen LogP contribution in [0, 0.1) is 18.6 Å². The molecule has 2 atom stereocenters. The predicted octanol–water partition coefficient (Wildman–Crippen LogP) is 2.58. The minimum atomic E-state index is -0.906. The summed E-state index contributed by atoms with van der Waals surface area (Å²) >= 11 is 0. The molecular formula is C17H19F2N3O3. The minimum Gasteiger partial charge on any atom is -0.362 e. The number of hydrogen-bond acceptors (Lipinski definition) is 5. The number of benzene rings is 1. The highest BCUT2D eigenvalue weighted by Crippen LogP contribution is 2.25. The Kier molecular flexibility index (Phi) is 5.08. The van der Waals surface area contributed by atoms with Gasteiger partial charge in [-0.3, -0.25) is 4.79 Å². The SMILES string of the molecule is Cc1noc([C@H]2CN(C(=O)CCc3cccc(F)c3F)C[C@@H](C)O2)n1. The topological polar surface area (TPSA) is 68.5 Å². The van der Waals surface area contributed by atoms with Crippen LogP contribution < -0.4 is 0 Å². The molecule has 1 fully saturated rings. The number of ether oxygens (including phenoxy) is 1. The summed E-state index contributed by atoms with van der Waals surface area (Å²) in [5.41, 5.74) is 0.193. The van der Waals surface area contributed by atoms with Crippen LogP contribution >= 0.6 is 0 Å². The molecule has 3 rings (SSSR count). The first-order valence-corrected chi connectivity index (χ1v) is 8.10. The van der Waals surface area contributed by atoms with Gasteiger partial charge in [0.15, 0.2) is 23.6 Å². The van der Waals surface area contributed by atoms with Gasteiger partial charge < -0.3 is 14.2 Å². The van der Waals surface area contributed by atoms with Crippen LogP contribution in [0.2, 0.25) is 0 Å². The first-order chi connectivity index (χ1) is 11.9. The largest absolute Gasteiger partial charge is 0.362 e. The van der Waals surface area contributed by atoms with E-state index in [1.165, 1.54) is 12.1 Å². The van der Waals surface area contributed by atoms with Crippen molar-refractivity contribution in [1.29, 1.82) is 0 Å². The Bertz CT molecular complexity index is 765. The van der Waals surface area contributed by atoms with Crippen LogP contribution in [0.4, 0.5) is 8.78 Å². The summed E-state index contributed by atoms with van der Waals surface area (Å²) in [6.45, 7) is 4.27. The van der Waals surface area contributed by atoms with Crippen molar-refractivity contribution in [3.05, 3.63) is 47.1 Å². The van der Waals surface area contributed by atoms with Crippen molar-refractivity contribution >= 4 is 5.91 Å². The van der Waals surface area contributed by atoms with Crippen molar-refractivity contribution < 1.29 is 22.8 Å². The molecule has 2 aromatic rings. The molecule has 134 valence electrons. The van der Waals surface area contributed by atoms with Gasteiger partial charge in [0.2, 0.25) is 5.91 Å². The molecular weight excluding hydrogens is 332 g/mol. The third-order valence-corrected chi connectivity index (χ3v) is 4.07. The van der Waals surface area contributed by atoms with Crippen LogP contribution in [-0.4, -0.2) is 40.1 Å². The molecule has 0 radical (unpaired) electrons. The van der Waals surface area contributed by atoms with E-state index in [0.717, 1.165) is 6.07 Å². The summed E-state index contributed by atoms with van der Waals surface area (Å²) in [6, 6.07) is 3.97. The van der Waals surface area contributed by atoms with Crippen molar-refractivity contribution in [3.8, 4) is 0 Å². The van der Waals surface area contributed by atoms with E-state index in [2.05, 4.69) is 10.1 Å². The highest BCUT2D eigenvalue weighted by atomic mass is 19.2. The monoisotopic (exact) mass is 351 g/mol. The van der Waals surface area contributed by atoms with Gasteiger partial charge in [-0.2, -0.15) is 4.98 Å². The zero-order valence-corrected chi connectivity index (χ0v) is 14.0. The molecule has 1 aromatic carbocycles. The average Bonchev–Trinajstić information content (AvgIpc) is 3.02. The molecule has 1 aliphatic heterocycles. The van der Waals surface area contributed by atoms with Crippen molar-refractivity contribution in [3.63, 3.8) is 0 Å². The van der Waals surface area contributed by atoms with E-state index in [4.69, 9.17) is 9.26 Å². The van der Waals surface area contributed by atoms with Crippen molar-refractivity contribution in [2.24, 2.45) is 0 Å². The smallest absolute Gasteiger partial charge is 0.257 e. The fourth-order valence-electron chi connectivity index (χ4n) is 2.88. The zero-order valence-electron chi connectivity index (χ0n) is 14.0. The first kappa shape index (κ1) is 17.5. The molecule has 0 saturated carbocycles. The fourth-order valence-corrected chi connectivity index (χ4v) is 2.88. The Balaban J connectivity index is 1.63. The maximum Gasteiger partial charge on any atom is 0.257 e. The van der Waals surface area contributed by atoms with Crippen molar-refractivity contribution in [2.45, 2.75) is 38.9 Å². The van der Waals surface area contributed by atoms with Crippen molar-refractivity contribution in [1.82, 2.24) is 15.0 Å². The van der Waals surface area contributed by atoms with E-state index in [-0.39, 0.29) is 37.0 Å². The Morgan fingerprint density at radius 1 is 1.36 bits per heavy atom. The zero-order chi connectivity index (χ0) is 18.0. The Morgan fingerprint density at radius 2 is 2.16 bits per heavy atom. The lowest BCUT2D eigenvalue weighted by Gasteiger charge is -2.35. The molecule has 0 aliphatic carbocycles. The lowest BCUT2D eigenvalue weighted by Crippen LogP contribution is -2.46. The summed E-state index contributed by atoms with van der Waals surface area (Å²) in [4.78, 5) is 18.3. The van der Waals surface area contributed by atoms with Gasteiger partial charge in [-0.1, -0.05) is 17.3 Å². The second-order valence-corrected chi connectivity index (χ2v) is 6.13. The lowest BCUT2D eigenvalue weighted by atomic mass is 10.1. The standard InChI is InChI=1S/C17H19F2N3O3/c1-10-8-22(9-14(24-10)17-20-11(2)21-25-17)15(23)7-6-12-4-3-5-13(18)16(12)19/h3-5,10,14H,6-9H2,1-2H3/t10-,14-/m1/s1. The lowest BCUT2D eigenvalue weighted by molar-refractivity contribution is -0.146. The molecule has 0 spiro atoms. The number of amides is 1. The van der Waals surface area contributed by atoms with E-state index in [1.807, 2.05) is 6.92 Å². The summed E-state index contributed by atoms with van der Waals surface area (Å²) < 4.78 is 37.8. The minimum absolute atomic E-state index is 0.0860. The molecule has 0 unspecified atom stereocenters. The number of carbonyl (C=O) groups is 1. The number of carbonyl (C=O) groups excluding carboxylic acids is 1. The summed E-state index contributed by atoms with van der Waals surface area (Å²) in [5.74, 6) is -1.13. The quantitative estimate of drug-likeness (QED) is 0.847. The van der Waals surface area contributed by atoms with Gasteiger partial charge in [-0.05, 0) is 31.9 Å². The number of morpholine rings is 1. The van der Waals surface area contributed by atoms with Gasteiger partial charge in [0, 0.05) is 13.0 Å². The average molecular weight is 351 g/mol. The number of nitrogens with zero attached hydrogens (tertiary/aromatic N) is 3. The molecule has 0 N–H and O–H groups in total. The van der Waals surface area contributed by atoms with Gasteiger partial charge >= 0.3 is 0 Å². The maximum absolute atomic E-state index is 13.7. The second kappa shape index (κ2) is 7.26. The van der Waals surface area contributed by atoms with Gasteiger partial charge in [-0.15, -0.1) is 0 Å². The normalized spacial score (nSPS) is 20.7. The maximum atomic E-state index is 13.7. The van der Waals surface area contributed by atoms with E-state index >= 15 is 0 Å². The highest BCUT2D eigenvalue weighted by molar-refractivity contribution is 5.76. The van der Waals surface area contributed by atoms with Crippen LogP contribution in [0.3, 0.4) is 0 Å². The second-order valence-electron chi connectivity index (χ2n) is 6.13. The number of hydrogen-bond donors (Lipinski definition) is 0. The Morgan fingerprint density at radius 3 is 2.88 bits per heavy atom. The first-order valence-electron chi connectivity index (χ1n) is 8.10. The molecule has 0 bridgehead atoms. The van der Waals surface area contributed by atoms with Crippen molar-refractivity contribution in [2.75, 3.05) is 13.1 Å². The molecule has 6 nitrogen and oxygen atoms in total. The van der Waals surface area contributed by atoms with Gasteiger partial charge in [0.05, 0.1) is 12.6 Å². The highest BCUT2D eigenvalue weighted by Gasteiger charge is 2.32. The molecule has 1 aromatic heterocycles. The van der Waals surface area contributed by atoms with Crippen LogP contribution in [0.25, 0.3) is 0 Å². The molecule has 1 aliphatic rings. The number of aryl methyl sites for hydroxylation is 2. The third-order valence-electron chi connectivity index (χ3n) is 4.07. The number of halogens is 2. The summed E-state index contributed by atoms with van der Waals surface area (Å²) in [7, 11) is 0. The fraction of sp³-hybridized carbons (Fsp3) is 0.471. The summed E-state index contributed by atoms with van der Waals surface area (Å²) in [5, 5.41) is 3.73. The van der Waals surface area contributed by atoms with Crippen LogP contribution in [0.1, 0.15) is 36.7 Å². The molecule has 2 heterocycles. The van der Waals surface area contributed by atoms with E-state index in [1.54, 1.807) is 11.8 Å². The third kappa shape index (κ3) is 4.01.